The molecule has 0 saturated carbocycles. The summed E-state index contributed by atoms with van der Waals surface area (Å²) < 4.78 is 6.29. The van der Waals surface area contributed by atoms with E-state index in [4.69, 9.17) is 11.2 Å². The Balaban J connectivity index is 4.30. The summed E-state index contributed by atoms with van der Waals surface area (Å²) in [6.45, 7) is 0.169. The van der Waals surface area contributed by atoms with Crippen molar-refractivity contribution in [3.05, 3.63) is 0 Å². The maximum absolute atomic E-state index is 11.5. The van der Waals surface area contributed by atoms with E-state index < -0.39 is 0 Å². The molecule has 0 aromatic heterocycles. The van der Waals surface area contributed by atoms with Gasteiger partial charge in [-0.3, -0.25) is 5.32 Å². The molecular weight excluding hydrogens is 234 g/mol. The highest BCUT2D eigenvalue weighted by Crippen LogP contribution is 2.15. The fourth-order valence-corrected chi connectivity index (χ4v) is 1.67. The average molecular weight is 247 g/mol. The normalized spacial score (nSPS) is 10.4. The van der Waals surface area contributed by atoms with E-state index in [1.807, 2.05) is 0 Å². The number of ether oxygens (including phenoxy) is 1. The molecule has 0 saturated heterocycles. The molecule has 2 amide bonds. The van der Waals surface area contributed by atoms with Gasteiger partial charge in [-0.1, -0.05) is 5.92 Å². The number of hydrogen-bond donors (Lipinski definition) is 1. The standard InChI is InChI=1S/C8H13N3O2S2/c1-5-6-9-7(13-2)10-8(12)11(14-3)15-4/h1H,6H2,2-4H3,(H,9,10,12). The van der Waals surface area contributed by atoms with Crippen LogP contribution in [0.25, 0.3) is 0 Å². The summed E-state index contributed by atoms with van der Waals surface area (Å²) in [4.78, 5) is 15.3. The Hall–Kier alpha value is -1.00. The highest BCUT2D eigenvalue weighted by molar-refractivity contribution is 8.12. The summed E-state index contributed by atoms with van der Waals surface area (Å²) in [5, 5.41) is 2.48. The van der Waals surface area contributed by atoms with Gasteiger partial charge in [0.25, 0.3) is 6.02 Å². The molecule has 0 fully saturated rings. The van der Waals surface area contributed by atoms with Crippen LogP contribution in [0.3, 0.4) is 0 Å². The highest BCUT2D eigenvalue weighted by Gasteiger charge is 2.13. The van der Waals surface area contributed by atoms with Crippen molar-refractivity contribution in [3.63, 3.8) is 0 Å². The van der Waals surface area contributed by atoms with E-state index >= 15 is 0 Å². The zero-order valence-electron chi connectivity index (χ0n) is 8.81. The summed E-state index contributed by atoms with van der Waals surface area (Å²) in [5.74, 6) is 2.32. The van der Waals surface area contributed by atoms with Gasteiger partial charge in [0.1, 0.15) is 6.54 Å². The predicted octanol–water partition coefficient (Wildman–Crippen LogP) is 1.19. The fraction of sp³-hybridized carbons (Fsp3) is 0.500. The Kier molecular flexibility index (Phi) is 7.77. The minimum atomic E-state index is -0.312. The van der Waals surface area contributed by atoms with Crippen molar-refractivity contribution in [1.29, 1.82) is 0 Å². The molecule has 0 aromatic carbocycles. The van der Waals surface area contributed by atoms with Crippen LogP contribution in [0.2, 0.25) is 0 Å². The van der Waals surface area contributed by atoms with E-state index in [0.717, 1.165) is 0 Å². The largest absolute Gasteiger partial charge is 0.468 e. The van der Waals surface area contributed by atoms with Crippen molar-refractivity contribution in [2.45, 2.75) is 0 Å². The number of nitrogens with zero attached hydrogens (tertiary/aromatic N) is 2. The summed E-state index contributed by atoms with van der Waals surface area (Å²) in [7, 11) is 1.41. The smallest absolute Gasteiger partial charge is 0.345 e. The van der Waals surface area contributed by atoms with Crippen molar-refractivity contribution in [1.82, 2.24) is 9.03 Å². The zero-order chi connectivity index (χ0) is 11.7. The first-order valence-corrected chi connectivity index (χ1v) is 6.27. The first-order valence-electron chi connectivity index (χ1n) is 3.90. The van der Waals surface area contributed by atoms with Gasteiger partial charge in [-0.2, -0.15) is 0 Å². The Morgan fingerprint density at radius 1 is 1.60 bits per heavy atom. The van der Waals surface area contributed by atoms with Crippen LogP contribution in [0.5, 0.6) is 0 Å². The number of carbonyl (C=O) groups excluding carboxylic acids is 1. The number of urea groups is 1. The molecule has 0 aliphatic heterocycles. The maximum Gasteiger partial charge on any atom is 0.345 e. The van der Waals surface area contributed by atoms with Gasteiger partial charge in [0.05, 0.1) is 7.11 Å². The predicted molar refractivity (Wildman–Crippen MR) is 65.5 cm³/mol. The van der Waals surface area contributed by atoms with Crippen molar-refractivity contribution in [3.8, 4) is 12.3 Å². The van der Waals surface area contributed by atoms with E-state index in [-0.39, 0.29) is 18.6 Å². The van der Waals surface area contributed by atoms with Gasteiger partial charge in [-0.25, -0.2) is 13.5 Å². The van der Waals surface area contributed by atoms with E-state index in [1.165, 1.54) is 34.7 Å². The number of carbonyl (C=O) groups is 1. The number of amidine groups is 1. The molecule has 0 aliphatic carbocycles. The quantitative estimate of drug-likeness (QED) is 0.352. The summed E-state index contributed by atoms with van der Waals surface area (Å²) >= 11 is 2.58. The third-order valence-electron chi connectivity index (χ3n) is 1.22. The van der Waals surface area contributed by atoms with Crippen LogP contribution < -0.4 is 5.32 Å². The topological polar surface area (TPSA) is 53.9 Å². The molecule has 0 heterocycles. The second-order valence-corrected chi connectivity index (χ2v) is 3.77. The Morgan fingerprint density at radius 3 is 2.60 bits per heavy atom. The van der Waals surface area contributed by atoms with Crippen molar-refractivity contribution in [2.75, 3.05) is 26.2 Å². The number of rotatable bonds is 3. The van der Waals surface area contributed by atoms with E-state index in [2.05, 4.69) is 16.2 Å². The van der Waals surface area contributed by atoms with E-state index in [0.29, 0.717) is 0 Å². The Bertz CT molecular complexity index is 272. The van der Waals surface area contributed by atoms with Crippen LogP contribution in [0.15, 0.2) is 4.99 Å². The molecule has 15 heavy (non-hydrogen) atoms. The van der Waals surface area contributed by atoms with Crippen LogP contribution >= 0.6 is 23.9 Å². The van der Waals surface area contributed by atoms with Gasteiger partial charge < -0.3 is 4.74 Å². The van der Waals surface area contributed by atoms with Gasteiger partial charge in [-0.15, -0.1) is 6.42 Å². The average Bonchev–Trinajstić information content (AvgIpc) is 2.25. The minimum absolute atomic E-state index is 0.117. The van der Waals surface area contributed by atoms with Gasteiger partial charge in [0.15, 0.2) is 0 Å². The highest BCUT2D eigenvalue weighted by atomic mass is 32.2. The third-order valence-corrected chi connectivity index (χ3v) is 3.11. The lowest BCUT2D eigenvalue weighted by atomic mass is 10.7. The molecule has 0 rings (SSSR count). The Labute approximate surface area is 98.3 Å². The first-order chi connectivity index (χ1) is 7.19. The summed E-state index contributed by atoms with van der Waals surface area (Å²) in [5.41, 5.74) is 0. The minimum Gasteiger partial charge on any atom is -0.468 e. The lowest BCUT2D eigenvalue weighted by molar-refractivity contribution is 0.240. The lowest BCUT2D eigenvalue weighted by Gasteiger charge is -2.16. The maximum atomic E-state index is 11.5. The second kappa shape index (κ2) is 8.32. The number of aliphatic imine (C=N–C) groups is 1. The first kappa shape index (κ1) is 14.0. The molecule has 0 aromatic rings. The fourth-order valence-electron chi connectivity index (χ4n) is 0.650. The van der Waals surface area contributed by atoms with E-state index in [1.54, 1.807) is 12.5 Å². The molecular formula is C8H13N3O2S2. The molecule has 0 atom stereocenters. The molecule has 1 N–H and O–H groups in total. The molecule has 5 nitrogen and oxygen atoms in total. The molecule has 7 heteroatoms. The van der Waals surface area contributed by atoms with Crippen molar-refractivity contribution < 1.29 is 9.53 Å². The monoisotopic (exact) mass is 247 g/mol. The van der Waals surface area contributed by atoms with Crippen molar-refractivity contribution >= 4 is 35.9 Å². The summed E-state index contributed by atoms with van der Waals surface area (Å²) in [6.07, 6.45) is 8.62. The van der Waals surface area contributed by atoms with Crippen LogP contribution in [-0.2, 0) is 4.74 Å². The van der Waals surface area contributed by atoms with Gasteiger partial charge in [0, 0.05) is 12.5 Å². The number of hydrogen-bond acceptors (Lipinski definition) is 5. The van der Waals surface area contributed by atoms with Gasteiger partial charge >= 0.3 is 6.03 Å². The van der Waals surface area contributed by atoms with E-state index in [9.17, 15) is 4.79 Å². The van der Waals surface area contributed by atoms with Gasteiger partial charge in [-0.05, 0) is 23.9 Å². The summed E-state index contributed by atoms with van der Waals surface area (Å²) in [6, 6.07) is -0.196. The molecule has 0 bridgehead atoms. The van der Waals surface area contributed by atoms with Gasteiger partial charge in [0.2, 0.25) is 0 Å². The molecule has 84 valence electrons. The second-order valence-electron chi connectivity index (χ2n) is 2.08. The number of terminal acetylenes is 1. The third kappa shape index (κ3) is 5.44. The lowest BCUT2D eigenvalue weighted by Crippen LogP contribution is -2.37. The van der Waals surface area contributed by atoms with Crippen LogP contribution in [-0.4, -0.2) is 41.9 Å². The zero-order valence-corrected chi connectivity index (χ0v) is 10.4. The van der Waals surface area contributed by atoms with Crippen molar-refractivity contribution in [2.24, 2.45) is 4.99 Å². The van der Waals surface area contributed by atoms with Crippen LogP contribution in [0, 0.1) is 12.3 Å². The molecule has 0 unspecified atom stereocenters. The van der Waals surface area contributed by atoms with Crippen LogP contribution in [0.1, 0.15) is 0 Å². The molecule has 0 radical (unpaired) electrons. The number of amides is 2. The molecule has 0 aliphatic rings. The number of nitrogens with one attached hydrogen (secondary N) is 1. The SMILES string of the molecule is C#CCN=C(NC(=O)N(SC)SC)OC. The number of methoxy groups -OCH3 is 1. The Morgan fingerprint density at radius 2 is 2.20 bits per heavy atom. The molecule has 0 spiro atoms. The van der Waals surface area contributed by atoms with Crippen LogP contribution in [0.4, 0.5) is 4.79 Å².